The number of likely N-dealkylation sites (tertiary alicyclic amines) is 1. The van der Waals surface area contributed by atoms with Crippen LogP contribution >= 0.6 is 34.3 Å². The maximum atomic E-state index is 15.0. The van der Waals surface area contributed by atoms with Crippen molar-refractivity contribution >= 4 is 63.6 Å². The molecule has 16 nitrogen and oxygen atoms in total. The quantitative estimate of drug-likeness (QED) is 0.0776. The molecule has 3 aromatic heterocycles. The van der Waals surface area contributed by atoms with E-state index in [0.29, 0.717) is 29.5 Å². The zero-order valence-electron chi connectivity index (χ0n) is 42.4. The molecule has 6 aromatic rings. The summed E-state index contributed by atoms with van der Waals surface area (Å²) in [6.45, 7) is 14.5. The number of aliphatic imine (C=N–C) groups is 1. The van der Waals surface area contributed by atoms with Crippen LogP contribution in [0.25, 0.3) is 15.4 Å². The van der Waals surface area contributed by atoms with Crippen LogP contribution in [-0.2, 0) is 19.2 Å². The normalized spacial score (nSPS) is 20.0. The molecule has 0 spiro atoms. The van der Waals surface area contributed by atoms with Gasteiger partial charge in [0.25, 0.3) is 5.91 Å². The summed E-state index contributed by atoms with van der Waals surface area (Å²) in [4.78, 5) is 68.2. The number of β-amino-alcohol motifs (C(OH)–C–C–N with tert-alkyl or cyclic N) is 1. The van der Waals surface area contributed by atoms with Gasteiger partial charge in [0.1, 0.15) is 52.4 Å². The summed E-state index contributed by atoms with van der Waals surface area (Å²) >= 11 is 9.45. The molecule has 2 fully saturated rings. The summed E-state index contributed by atoms with van der Waals surface area (Å²) in [5, 5.41) is 30.0. The minimum absolute atomic E-state index is 0.0248. The van der Waals surface area contributed by atoms with E-state index >= 15 is 0 Å². The van der Waals surface area contributed by atoms with Gasteiger partial charge in [-0.2, -0.15) is 0 Å². The number of hydrogen-bond acceptors (Lipinski definition) is 13. The zero-order valence-corrected chi connectivity index (χ0v) is 44.8. The number of thiophene rings is 1. The molecule has 0 radical (unpaired) electrons. The molecule has 388 valence electrons. The second-order valence-corrected chi connectivity index (χ2v) is 22.9. The van der Waals surface area contributed by atoms with Gasteiger partial charge in [0, 0.05) is 71.1 Å². The molecule has 9 rings (SSSR count). The number of nitrogens with one attached hydrogen (secondary N) is 3. The number of aryl methyl sites for hydroxylation is 3. The first kappa shape index (κ1) is 52.3. The van der Waals surface area contributed by atoms with Crippen LogP contribution in [0.3, 0.4) is 0 Å². The van der Waals surface area contributed by atoms with Crippen molar-refractivity contribution in [1.29, 1.82) is 0 Å². The van der Waals surface area contributed by atoms with Gasteiger partial charge in [0.2, 0.25) is 17.7 Å². The van der Waals surface area contributed by atoms with Crippen LogP contribution < -0.4 is 25.4 Å². The van der Waals surface area contributed by atoms with Gasteiger partial charge >= 0.3 is 0 Å². The topological polar surface area (TPSA) is 202 Å². The van der Waals surface area contributed by atoms with Crippen LogP contribution in [0.15, 0.2) is 77.2 Å². The number of aliphatic hydroxyl groups is 1. The number of carbonyl (C=O) groups excluding carboxylic acids is 4. The molecule has 0 unspecified atom stereocenters. The minimum Gasteiger partial charge on any atom is -0.490 e. The Labute approximate surface area is 441 Å². The molecule has 4 N–H and O–H groups in total. The highest BCUT2D eigenvalue weighted by Gasteiger charge is 2.45. The van der Waals surface area contributed by atoms with Crippen LogP contribution in [0.1, 0.15) is 110 Å². The van der Waals surface area contributed by atoms with E-state index in [4.69, 9.17) is 26.1 Å². The largest absolute Gasteiger partial charge is 0.490 e. The maximum absolute atomic E-state index is 15.0. The number of thiazole rings is 1. The summed E-state index contributed by atoms with van der Waals surface area (Å²) in [6, 6.07) is 15.9. The second kappa shape index (κ2) is 21.4. The van der Waals surface area contributed by atoms with Crippen molar-refractivity contribution in [1.82, 2.24) is 40.6 Å². The number of ether oxygens (including phenoxy) is 2. The molecule has 3 aromatic carbocycles. The number of carbonyl (C=O) groups is 4. The lowest BCUT2D eigenvalue weighted by molar-refractivity contribution is -0.144. The van der Waals surface area contributed by atoms with Crippen molar-refractivity contribution in [3.8, 4) is 26.9 Å². The third kappa shape index (κ3) is 11.3. The molecular weight excluding hydrogens is 1010 g/mol. The van der Waals surface area contributed by atoms with Crippen LogP contribution in [-0.4, -0.2) is 103 Å². The predicted molar refractivity (Wildman–Crippen MR) is 282 cm³/mol. The summed E-state index contributed by atoms with van der Waals surface area (Å²) in [7, 11) is 0. The number of aromatic nitrogens is 4. The number of benzene rings is 3. The molecule has 5 heterocycles. The van der Waals surface area contributed by atoms with Gasteiger partial charge in [-0.15, -0.1) is 32.9 Å². The van der Waals surface area contributed by atoms with Crippen LogP contribution in [0.4, 0.5) is 4.39 Å². The van der Waals surface area contributed by atoms with Crippen molar-refractivity contribution < 1.29 is 38.1 Å². The van der Waals surface area contributed by atoms with E-state index in [-0.39, 0.29) is 48.9 Å². The number of aliphatic hydroxyl groups excluding tert-OH is 1. The third-order valence-electron chi connectivity index (χ3n) is 13.8. The van der Waals surface area contributed by atoms with E-state index in [0.717, 1.165) is 60.0 Å². The van der Waals surface area contributed by atoms with Gasteiger partial charge in [-0.05, 0) is 68.9 Å². The maximum Gasteiger partial charge on any atom is 0.258 e. The monoisotopic (exact) mass is 1060 g/mol. The number of rotatable bonds is 15. The van der Waals surface area contributed by atoms with Crippen LogP contribution in [0, 0.1) is 38.9 Å². The first-order valence-electron chi connectivity index (χ1n) is 24.5. The molecule has 4 amide bonds. The standard InChI is InChI=1S/C54H59ClFN9O7S2/c1-27-30(4)74-53-46(27)47(33-13-15-35(55)16-14-33)60-42(50-63-62-31(5)65(50)53)23-44(67)59-37-19-41(20-37)72-40-18-36(56)17-39(22-40)71-25-45(68)61-49(54(6,7)8)52(70)64-24-38(66)21-43(64)51(69)58-28(2)32-9-11-34(12-10-32)48-29(3)57-26-73-48/h9-18,22,26,28,37-38,41-43,49,66H,19-21,23-25H2,1-8H3,(H,58,69)(H,59,67)(H,61,68)/t28-,37?,38+,41?,42-,43-,49+/m0/s1. The Morgan fingerprint density at radius 3 is 2.31 bits per heavy atom. The number of nitrogens with zero attached hydrogens (tertiary/aromatic N) is 6. The molecule has 2 aliphatic heterocycles. The predicted octanol–water partition coefficient (Wildman–Crippen LogP) is 8.24. The molecule has 1 aliphatic carbocycles. The highest BCUT2D eigenvalue weighted by atomic mass is 35.5. The van der Waals surface area contributed by atoms with Gasteiger partial charge in [0.05, 0.1) is 40.4 Å². The van der Waals surface area contributed by atoms with E-state index in [2.05, 4.69) is 45.0 Å². The Balaban J connectivity index is 0.779. The lowest BCUT2D eigenvalue weighted by atomic mass is 9.85. The van der Waals surface area contributed by atoms with Crippen LogP contribution in [0.5, 0.6) is 11.5 Å². The van der Waals surface area contributed by atoms with Crippen molar-refractivity contribution in [3.63, 3.8) is 0 Å². The smallest absolute Gasteiger partial charge is 0.258 e. The fraction of sp³-hybridized carbons (Fsp3) is 0.407. The Hall–Kier alpha value is -6.54. The first-order chi connectivity index (χ1) is 35.2. The first-order valence-corrected chi connectivity index (χ1v) is 26.6. The highest BCUT2D eigenvalue weighted by Crippen LogP contribution is 2.40. The SMILES string of the molecule is Cc1ncsc1-c1ccc([C@H](C)NC(=O)[C@@H]2C[C@@H](O)CN2C(=O)[C@@H](NC(=O)COc2cc(F)cc(OC3CC(NC(=O)C[C@@H]4N=C(c5ccc(Cl)cc5)c5c(sc(C)c5C)-n5c(C)nnc54)C3)c2)C(C)(C)C)cc1. The summed E-state index contributed by atoms with van der Waals surface area (Å²) in [6.07, 6.45) is -0.280. The van der Waals surface area contributed by atoms with Crippen molar-refractivity contribution in [2.45, 2.75) is 123 Å². The lowest BCUT2D eigenvalue weighted by Gasteiger charge is -2.36. The summed E-state index contributed by atoms with van der Waals surface area (Å²) < 4.78 is 28.8. The Morgan fingerprint density at radius 1 is 0.919 bits per heavy atom. The van der Waals surface area contributed by atoms with Gasteiger partial charge in [-0.1, -0.05) is 68.8 Å². The van der Waals surface area contributed by atoms with Gasteiger partial charge in [-0.25, -0.2) is 9.37 Å². The summed E-state index contributed by atoms with van der Waals surface area (Å²) in [5.74, 6) is -0.983. The van der Waals surface area contributed by atoms with E-state index < -0.39 is 65.8 Å². The third-order valence-corrected chi connectivity index (χ3v) is 16.2. The minimum atomic E-state index is -1.10. The lowest BCUT2D eigenvalue weighted by Crippen LogP contribution is -2.58. The Bertz CT molecular complexity index is 3130. The average molecular weight is 1060 g/mol. The van der Waals surface area contributed by atoms with E-state index in [1.807, 2.05) is 73.9 Å². The molecule has 1 saturated heterocycles. The molecular formula is C54H59ClFN9O7S2. The zero-order chi connectivity index (χ0) is 52.7. The van der Waals surface area contributed by atoms with Crippen molar-refractivity contribution in [2.75, 3.05) is 13.2 Å². The van der Waals surface area contributed by atoms with Gasteiger partial charge in [0.15, 0.2) is 12.4 Å². The van der Waals surface area contributed by atoms with Gasteiger partial charge in [-0.3, -0.25) is 28.7 Å². The average Bonchev–Trinajstić information content (AvgIpc) is 4.11. The number of amides is 4. The molecule has 5 atom stereocenters. The Morgan fingerprint density at radius 2 is 1.62 bits per heavy atom. The second-order valence-electron chi connectivity index (χ2n) is 20.4. The van der Waals surface area contributed by atoms with E-state index in [9.17, 15) is 28.7 Å². The number of fused-ring (bicyclic) bond motifs is 3. The molecule has 0 bridgehead atoms. The van der Waals surface area contributed by atoms with Crippen molar-refractivity contribution in [2.24, 2.45) is 10.4 Å². The molecule has 1 saturated carbocycles. The fourth-order valence-corrected chi connectivity index (χ4v) is 11.8. The summed E-state index contributed by atoms with van der Waals surface area (Å²) in [5.41, 5.74) is 7.51. The molecule has 3 aliphatic rings. The number of hydrogen-bond donors (Lipinski definition) is 4. The number of halogens is 2. The molecule has 74 heavy (non-hydrogen) atoms. The van der Waals surface area contributed by atoms with Crippen LogP contribution in [0.2, 0.25) is 5.02 Å². The van der Waals surface area contributed by atoms with E-state index in [1.165, 1.54) is 17.0 Å². The van der Waals surface area contributed by atoms with E-state index in [1.54, 1.807) is 49.0 Å². The Kier molecular flexibility index (Phi) is 15.1. The van der Waals surface area contributed by atoms with Crippen molar-refractivity contribution in [3.05, 3.63) is 128 Å². The fourth-order valence-electron chi connectivity index (χ4n) is 9.62. The van der Waals surface area contributed by atoms with Gasteiger partial charge < -0.3 is 35.4 Å². The highest BCUT2D eigenvalue weighted by molar-refractivity contribution is 7.15. The molecule has 20 heteroatoms.